The molecular formula is C16H17NO3. The van der Waals surface area contributed by atoms with Gasteiger partial charge in [0.2, 0.25) is 0 Å². The molecule has 0 bridgehead atoms. The summed E-state index contributed by atoms with van der Waals surface area (Å²) in [5.74, 6) is 3.74. The number of nitrogens with one attached hydrogen (secondary N) is 1. The van der Waals surface area contributed by atoms with Crippen molar-refractivity contribution in [2.24, 2.45) is 0 Å². The number of benzene rings is 1. The Morgan fingerprint density at radius 3 is 2.75 bits per heavy atom. The van der Waals surface area contributed by atoms with Gasteiger partial charge in [0.25, 0.3) is 0 Å². The van der Waals surface area contributed by atoms with Crippen molar-refractivity contribution >= 4 is 0 Å². The molecule has 0 saturated heterocycles. The van der Waals surface area contributed by atoms with E-state index < -0.39 is 6.10 Å². The molecule has 1 heterocycles. The number of aliphatic hydroxyl groups is 1. The molecule has 0 radical (unpaired) electrons. The van der Waals surface area contributed by atoms with Gasteiger partial charge < -0.3 is 19.6 Å². The van der Waals surface area contributed by atoms with Crippen LogP contribution in [0, 0.1) is 12.3 Å². The summed E-state index contributed by atoms with van der Waals surface area (Å²) in [7, 11) is 0. The van der Waals surface area contributed by atoms with Crippen LogP contribution < -0.4 is 10.1 Å². The third-order valence-corrected chi connectivity index (χ3v) is 2.78. The molecule has 1 aromatic heterocycles. The van der Waals surface area contributed by atoms with Crippen LogP contribution in [0.3, 0.4) is 0 Å². The van der Waals surface area contributed by atoms with Crippen LogP contribution in [0.2, 0.25) is 0 Å². The summed E-state index contributed by atoms with van der Waals surface area (Å²) in [6.45, 7) is 1.36. The predicted octanol–water partition coefficient (Wildman–Crippen LogP) is 2.11. The molecular weight excluding hydrogens is 254 g/mol. The number of ether oxygens (including phenoxy) is 1. The van der Waals surface area contributed by atoms with Crippen LogP contribution in [0.25, 0.3) is 0 Å². The van der Waals surface area contributed by atoms with E-state index >= 15 is 0 Å². The first-order valence-electron chi connectivity index (χ1n) is 6.37. The maximum absolute atomic E-state index is 9.83. The lowest BCUT2D eigenvalue weighted by Gasteiger charge is -2.10. The summed E-state index contributed by atoms with van der Waals surface area (Å²) >= 11 is 0. The number of aliphatic hydroxyl groups excluding tert-OH is 1. The molecule has 0 saturated carbocycles. The fraction of sp³-hybridized carbons (Fsp3) is 0.250. The Balaban J connectivity index is 1.75. The van der Waals surface area contributed by atoms with Gasteiger partial charge in [0.05, 0.1) is 6.26 Å². The van der Waals surface area contributed by atoms with Gasteiger partial charge in [-0.15, -0.1) is 6.42 Å². The standard InChI is InChI=1S/C16H17NO3/c1-2-9-19-14-7-5-13(6-8-14)11-17-12-15(18)16-4-3-10-20-16/h1,3-8,10,15,17-18H,9,11-12H2. The molecule has 0 aliphatic rings. The minimum atomic E-state index is -0.636. The highest BCUT2D eigenvalue weighted by atomic mass is 16.5. The first-order valence-corrected chi connectivity index (χ1v) is 6.37. The van der Waals surface area contributed by atoms with Crippen LogP contribution in [0.4, 0.5) is 0 Å². The van der Waals surface area contributed by atoms with Gasteiger partial charge in [-0.25, -0.2) is 0 Å². The molecule has 20 heavy (non-hydrogen) atoms. The SMILES string of the molecule is C#CCOc1ccc(CNCC(O)c2ccco2)cc1. The molecule has 1 unspecified atom stereocenters. The van der Waals surface area contributed by atoms with E-state index in [1.807, 2.05) is 24.3 Å². The van der Waals surface area contributed by atoms with E-state index in [2.05, 4.69) is 11.2 Å². The Morgan fingerprint density at radius 2 is 2.10 bits per heavy atom. The Hall–Kier alpha value is -2.22. The van der Waals surface area contributed by atoms with E-state index in [4.69, 9.17) is 15.6 Å². The van der Waals surface area contributed by atoms with Crippen molar-refractivity contribution in [2.45, 2.75) is 12.6 Å². The van der Waals surface area contributed by atoms with E-state index in [0.29, 0.717) is 18.8 Å². The maximum atomic E-state index is 9.83. The molecule has 4 nitrogen and oxygen atoms in total. The average Bonchev–Trinajstić information content (AvgIpc) is 3.00. The molecule has 2 rings (SSSR count). The van der Waals surface area contributed by atoms with Crippen LogP contribution in [0.5, 0.6) is 5.75 Å². The molecule has 2 aromatic rings. The van der Waals surface area contributed by atoms with Crippen molar-refractivity contribution in [1.82, 2.24) is 5.32 Å². The molecule has 0 amide bonds. The van der Waals surface area contributed by atoms with Gasteiger partial charge in [-0.3, -0.25) is 0 Å². The quantitative estimate of drug-likeness (QED) is 0.757. The first-order chi connectivity index (χ1) is 9.79. The molecule has 0 aliphatic carbocycles. The second kappa shape index (κ2) is 7.39. The normalized spacial score (nSPS) is 11.8. The second-order valence-electron chi connectivity index (χ2n) is 4.30. The fourth-order valence-electron chi connectivity index (χ4n) is 1.76. The Kier molecular flexibility index (Phi) is 5.24. The highest BCUT2D eigenvalue weighted by Gasteiger charge is 2.09. The monoisotopic (exact) mass is 271 g/mol. The third-order valence-electron chi connectivity index (χ3n) is 2.78. The first kappa shape index (κ1) is 14.2. The number of hydrogen-bond acceptors (Lipinski definition) is 4. The maximum Gasteiger partial charge on any atom is 0.148 e. The number of hydrogen-bond donors (Lipinski definition) is 2. The zero-order valence-electron chi connectivity index (χ0n) is 11.1. The lowest BCUT2D eigenvalue weighted by Crippen LogP contribution is -2.20. The number of rotatable bonds is 7. The highest BCUT2D eigenvalue weighted by molar-refractivity contribution is 5.27. The van der Waals surface area contributed by atoms with Gasteiger partial charge >= 0.3 is 0 Å². The summed E-state index contributed by atoms with van der Waals surface area (Å²) in [5.41, 5.74) is 1.10. The molecule has 1 aromatic carbocycles. The van der Waals surface area contributed by atoms with Gasteiger partial charge in [0, 0.05) is 13.1 Å². The molecule has 0 fully saturated rings. The summed E-state index contributed by atoms with van der Waals surface area (Å²) in [4.78, 5) is 0. The van der Waals surface area contributed by atoms with Crippen LogP contribution >= 0.6 is 0 Å². The van der Waals surface area contributed by atoms with Crippen LogP contribution in [-0.4, -0.2) is 18.3 Å². The highest BCUT2D eigenvalue weighted by Crippen LogP contribution is 2.13. The van der Waals surface area contributed by atoms with Crippen LogP contribution in [0.1, 0.15) is 17.4 Å². The van der Waals surface area contributed by atoms with Gasteiger partial charge in [-0.1, -0.05) is 18.1 Å². The van der Waals surface area contributed by atoms with Gasteiger partial charge in [-0.05, 0) is 29.8 Å². The zero-order valence-corrected chi connectivity index (χ0v) is 11.1. The van der Waals surface area contributed by atoms with Gasteiger partial charge in [-0.2, -0.15) is 0 Å². The van der Waals surface area contributed by atoms with Gasteiger partial charge in [0.1, 0.15) is 24.2 Å². The number of terminal acetylenes is 1. The molecule has 2 N–H and O–H groups in total. The summed E-state index contributed by atoms with van der Waals surface area (Å²) in [6, 6.07) is 11.2. The minimum absolute atomic E-state index is 0.271. The van der Waals surface area contributed by atoms with E-state index in [1.165, 1.54) is 0 Å². The van der Waals surface area contributed by atoms with E-state index in [-0.39, 0.29) is 6.61 Å². The van der Waals surface area contributed by atoms with Crippen LogP contribution in [0.15, 0.2) is 47.1 Å². The molecule has 0 aliphatic heterocycles. The second-order valence-corrected chi connectivity index (χ2v) is 4.30. The number of furan rings is 1. The van der Waals surface area contributed by atoms with E-state index in [9.17, 15) is 5.11 Å². The molecule has 4 heteroatoms. The molecule has 1 atom stereocenters. The van der Waals surface area contributed by atoms with Gasteiger partial charge in [0.15, 0.2) is 0 Å². The van der Waals surface area contributed by atoms with Crippen molar-refractivity contribution < 1.29 is 14.3 Å². The fourth-order valence-corrected chi connectivity index (χ4v) is 1.76. The van der Waals surface area contributed by atoms with Crippen molar-refractivity contribution in [1.29, 1.82) is 0 Å². The smallest absolute Gasteiger partial charge is 0.148 e. The lowest BCUT2D eigenvalue weighted by atomic mass is 10.2. The molecule has 104 valence electrons. The van der Waals surface area contributed by atoms with E-state index in [0.717, 1.165) is 11.3 Å². The Bertz CT molecular complexity index is 540. The summed E-state index contributed by atoms with van der Waals surface area (Å²) in [6.07, 6.45) is 6.04. The zero-order chi connectivity index (χ0) is 14.2. The predicted molar refractivity (Wildman–Crippen MR) is 76.1 cm³/mol. The van der Waals surface area contributed by atoms with Crippen LogP contribution in [-0.2, 0) is 6.54 Å². The largest absolute Gasteiger partial charge is 0.481 e. The van der Waals surface area contributed by atoms with Crippen molar-refractivity contribution in [3.63, 3.8) is 0 Å². The third kappa shape index (κ3) is 4.16. The van der Waals surface area contributed by atoms with E-state index in [1.54, 1.807) is 18.4 Å². The Labute approximate surface area is 118 Å². The topological polar surface area (TPSA) is 54.6 Å². The summed E-state index contributed by atoms with van der Waals surface area (Å²) < 4.78 is 10.4. The Morgan fingerprint density at radius 1 is 1.30 bits per heavy atom. The minimum Gasteiger partial charge on any atom is -0.481 e. The van der Waals surface area contributed by atoms with Crippen molar-refractivity contribution in [3.8, 4) is 18.1 Å². The van der Waals surface area contributed by atoms with Crippen molar-refractivity contribution in [2.75, 3.05) is 13.2 Å². The molecule has 0 spiro atoms. The lowest BCUT2D eigenvalue weighted by molar-refractivity contribution is 0.147. The van der Waals surface area contributed by atoms with Crippen molar-refractivity contribution in [3.05, 3.63) is 54.0 Å². The average molecular weight is 271 g/mol. The summed E-state index contributed by atoms with van der Waals surface area (Å²) in [5, 5.41) is 13.0.